The number of para-hydroxylation sites is 2. The molecule has 0 aromatic heterocycles. The normalized spacial score (nSPS) is 17.5. The van der Waals surface area contributed by atoms with Crippen LogP contribution in [0.15, 0.2) is 29.3 Å². The van der Waals surface area contributed by atoms with Gasteiger partial charge in [-0.05, 0) is 26.0 Å². The standard InChI is InChI=1S/C11H14N2O/c1-8(2)12-11-7-14-10-6-4-3-5-9(10)13-11/h3-6,8H,7H2,1-2H3,(H,12,13). The van der Waals surface area contributed by atoms with E-state index in [9.17, 15) is 0 Å². The highest BCUT2D eigenvalue weighted by molar-refractivity contribution is 5.99. The van der Waals surface area contributed by atoms with Crippen LogP contribution < -0.4 is 10.1 Å². The molecule has 14 heavy (non-hydrogen) atoms. The number of benzene rings is 1. The molecule has 2 rings (SSSR count). The highest BCUT2D eigenvalue weighted by Gasteiger charge is 2.13. The Kier molecular flexibility index (Phi) is 2.39. The molecule has 0 spiro atoms. The molecule has 1 aromatic rings. The first-order chi connectivity index (χ1) is 6.75. The fourth-order valence-corrected chi connectivity index (χ4v) is 1.41. The first kappa shape index (κ1) is 9.06. The third kappa shape index (κ3) is 1.87. The zero-order valence-corrected chi connectivity index (χ0v) is 8.45. The van der Waals surface area contributed by atoms with Crippen molar-refractivity contribution in [1.29, 1.82) is 0 Å². The lowest BCUT2D eigenvalue weighted by Gasteiger charge is -2.20. The topological polar surface area (TPSA) is 33.6 Å². The molecule has 0 unspecified atom stereocenters. The molecular formula is C11H14N2O. The highest BCUT2D eigenvalue weighted by atomic mass is 16.5. The van der Waals surface area contributed by atoms with Crippen LogP contribution in [0.5, 0.6) is 5.75 Å². The smallest absolute Gasteiger partial charge is 0.146 e. The van der Waals surface area contributed by atoms with Crippen LogP contribution in [0.4, 0.5) is 5.69 Å². The number of anilines is 1. The van der Waals surface area contributed by atoms with E-state index in [-0.39, 0.29) is 0 Å². The van der Waals surface area contributed by atoms with Crippen molar-refractivity contribution >= 4 is 11.5 Å². The van der Waals surface area contributed by atoms with E-state index < -0.39 is 0 Å². The van der Waals surface area contributed by atoms with Crippen molar-refractivity contribution in [2.75, 3.05) is 11.9 Å². The van der Waals surface area contributed by atoms with Gasteiger partial charge in [0.2, 0.25) is 0 Å². The molecule has 74 valence electrons. The second kappa shape index (κ2) is 3.70. The molecule has 0 radical (unpaired) electrons. The van der Waals surface area contributed by atoms with E-state index in [4.69, 9.17) is 4.74 Å². The molecule has 3 nitrogen and oxygen atoms in total. The Balaban J connectivity index is 2.21. The number of aliphatic imine (C=N–C) groups is 1. The number of hydrogen-bond donors (Lipinski definition) is 1. The number of nitrogens with one attached hydrogen (secondary N) is 1. The van der Waals surface area contributed by atoms with E-state index in [0.717, 1.165) is 17.3 Å². The second-order valence-corrected chi connectivity index (χ2v) is 3.58. The summed E-state index contributed by atoms with van der Waals surface area (Å²) in [6.07, 6.45) is 0. The van der Waals surface area contributed by atoms with Gasteiger partial charge in [-0.25, -0.2) is 0 Å². The molecule has 0 saturated carbocycles. The zero-order chi connectivity index (χ0) is 9.97. The van der Waals surface area contributed by atoms with Crippen LogP contribution in [0.25, 0.3) is 0 Å². The summed E-state index contributed by atoms with van der Waals surface area (Å²) in [5.74, 6) is 1.80. The van der Waals surface area contributed by atoms with Gasteiger partial charge >= 0.3 is 0 Å². The first-order valence-electron chi connectivity index (χ1n) is 4.81. The minimum atomic E-state index is 0.298. The summed E-state index contributed by atoms with van der Waals surface area (Å²) in [7, 11) is 0. The third-order valence-corrected chi connectivity index (χ3v) is 1.94. The average molecular weight is 190 g/mol. The predicted octanol–water partition coefficient (Wildman–Crippen LogP) is 2.30. The highest BCUT2D eigenvalue weighted by Crippen LogP contribution is 2.26. The van der Waals surface area contributed by atoms with Crippen LogP contribution in [0.2, 0.25) is 0 Å². The minimum absolute atomic E-state index is 0.298. The van der Waals surface area contributed by atoms with Crippen molar-refractivity contribution < 1.29 is 4.74 Å². The van der Waals surface area contributed by atoms with Gasteiger partial charge in [-0.2, -0.15) is 0 Å². The fraction of sp³-hybridized carbons (Fsp3) is 0.364. The first-order valence-corrected chi connectivity index (χ1v) is 4.81. The maximum absolute atomic E-state index is 5.54. The van der Waals surface area contributed by atoms with Crippen LogP contribution in [-0.2, 0) is 0 Å². The Morgan fingerprint density at radius 2 is 2.14 bits per heavy atom. The third-order valence-electron chi connectivity index (χ3n) is 1.94. The lowest BCUT2D eigenvalue weighted by atomic mass is 10.2. The molecule has 0 saturated heterocycles. The second-order valence-electron chi connectivity index (χ2n) is 3.58. The molecular weight excluding hydrogens is 176 g/mol. The summed E-state index contributed by atoms with van der Waals surface area (Å²) >= 11 is 0. The molecule has 0 amide bonds. The van der Waals surface area contributed by atoms with Gasteiger partial charge in [0.25, 0.3) is 0 Å². The summed E-state index contributed by atoms with van der Waals surface area (Å²) < 4.78 is 5.54. The molecule has 1 aliphatic heterocycles. The van der Waals surface area contributed by atoms with Crippen molar-refractivity contribution in [2.24, 2.45) is 4.99 Å². The van der Waals surface area contributed by atoms with Gasteiger partial charge in [-0.15, -0.1) is 0 Å². The molecule has 1 N–H and O–H groups in total. The largest absolute Gasteiger partial charge is 0.484 e. The predicted molar refractivity (Wildman–Crippen MR) is 58.1 cm³/mol. The fourth-order valence-electron chi connectivity index (χ4n) is 1.41. The number of fused-ring (bicyclic) bond motifs is 1. The maximum atomic E-state index is 5.54. The van der Waals surface area contributed by atoms with Crippen LogP contribution >= 0.6 is 0 Å². The van der Waals surface area contributed by atoms with Gasteiger partial charge in [0.1, 0.15) is 18.2 Å². The van der Waals surface area contributed by atoms with E-state index >= 15 is 0 Å². The molecule has 0 bridgehead atoms. The molecule has 1 aromatic carbocycles. The molecule has 3 heteroatoms. The minimum Gasteiger partial charge on any atom is -0.484 e. The van der Waals surface area contributed by atoms with Crippen molar-refractivity contribution in [3.8, 4) is 5.75 Å². The average Bonchev–Trinajstić information content (AvgIpc) is 2.17. The van der Waals surface area contributed by atoms with Crippen molar-refractivity contribution in [3.63, 3.8) is 0 Å². The van der Waals surface area contributed by atoms with Gasteiger partial charge in [-0.1, -0.05) is 12.1 Å². The van der Waals surface area contributed by atoms with Gasteiger partial charge in [-0.3, -0.25) is 4.99 Å². The quantitative estimate of drug-likeness (QED) is 0.737. The van der Waals surface area contributed by atoms with Gasteiger partial charge in [0, 0.05) is 6.04 Å². The summed E-state index contributed by atoms with van der Waals surface area (Å²) in [6, 6.07) is 8.18. The number of rotatable bonds is 1. The SMILES string of the molecule is CC(C)N=C1COc2ccccc2N1. The Bertz CT molecular complexity index is 358. The lowest BCUT2D eigenvalue weighted by molar-refractivity contribution is 0.371. The van der Waals surface area contributed by atoms with Gasteiger partial charge in [0.15, 0.2) is 0 Å². The van der Waals surface area contributed by atoms with E-state index in [1.165, 1.54) is 0 Å². The van der Waals surface area contributed by atoms with Crippen LogP contribution in [0.1, 0.15) is 13.8 Å². The Morgan fingerprint density at radius 3 is 2.93 bits per heavy atom. The lowest BCUT2D eigenvalue weighted by Crippen LogP contribution is -2.26. The van der Waals surface area contributed by atoms with Crippen LogP contribution in [0.3, 0.4) is 0 Å². The summed E-state index contributed by atoms with van der Waals surface area (Å²) in [5, 5.41) is 3.25. The maximum Gasteiger partial charge on any atom is 0.146 e. The Labute approximate surface area is 83.8 Å². The summed E-state index contributed by atoms with van der Waals surface area (Å²) in [6.45, 7) is 4.64. The van der Waals surface area contributed by atoms with E-state index in [1.54, 1.807) is 0 Å². The van der Waals surface area contributed by atoms with Crippen molar-refractivity contribution in [1.82, 2.24) is 0 Å². The number of nitrogens with zero attached hydrogens (tertiary/aromatic N) is 1. The molecule has 0 fully saturated rings. The van der Waals surface area contributed by atoms with E-state index in [1.807, 2.05) is 24.3 Å². The summed E-state index contributed by atoms with van der Waals surface area (Å²) in [5.41, 5.74) is 0.998. The van der Waals surface area contributed by atoms with Crippen molar-refractivity contribution in [3.05, 3.63) is 24.3 Å². The van der Waals surface area contributed by atoms with Gasteiger partial charge in [0.05, 0.1) is 5.69 Å². The Hall–Kier alpha value is -1.51. The van der Waals surface area contributed by atoms with E-state index in [2.05, 4.69) is 24.2 Å². The zero-order valence-electron chi connectivity index (χ0n) is 8.45. The summed E-state index contributed by atoms with van der Waals surface area (Å²) in [4.78, 5) is 4.42. The van der Waals surface area contributed by atoms with Crippen LogP contribution in [0, 0.1) is 0 Å². The molecule has 1 aliphatic rings. The van der Waals surface area contributed by atoms with Crippen molar-refractivity contribution in [2.45, 2.75) is 19.9 Å². The van der Waals surface area contributed by atoms with E-state index in [0.29, 0.717) is 12.6 Å². The monoisotopic (exact) mass is 190 g/mol. The number of ether oxygens (including phenoxy) is 1. The number of hydrogen-bond acceptors (Lipinski definition) is 2. The van der Waals surface area contributed by atoms with Gasteiger partial charge < -0.3 is 10.1 Å². The number of amidine groups is 1. The molecule has 0 atom stereocenters. The van der Waals surface area contributed by atoms with Crippen LogP contribution in [-0.4, -0.2) is 18.5 Å². The molecule has 0 aliphatic carbocycles. The molecule has 1 heterocycles. The Morgan fingerprint density at radius 1 is 1.36 bits per heavy atom.